The van der Waals surface area contributed by atoms with E-state index in [1.54, 1.807) is 7.11 Å². The smallest absolute Gasteiger partial charge is 0.135 e. The van der Waals surface area contributed by atoms with Crippen molar-refractivity contribution in [2.24, 2.45) is 0 Å². The highest BCUT2D eigenvalue weighted by molar-refractivity contribution is 8.08. The lowest BCUT2D eigenvalue weighted by molar-refractivity contribution is 0.144. The van der Waals surface area contributed by atoms with Crippen molar-refractivity contribution in [2.75, 3.05) is 62.1 Å². The number of nitrogens with zero attached hydrogens (tertiary/aromatic N) is 5. The third kappa shape index (κ3) is 3.87. The molecule has 2 aromatic heterocycles. The molecule has 4 heterocycles. The SMILES string of the molecule is COCCN1CCN(c2ccnc(N3C=C(c4cn[nH]c4)SC3)c2)CC1. The highest BCUT2D eigenvalue weighted by Gasteiger charge is 2.20. The van der Waals surface area contributed by atoms with E-state index < -0.39 is 0 Å². The van der Waals surface area contributed by atoms with Crippen LogP contribution in [-0.2, 0) is 4.74 Å². The Hall–Kier alpha value is -2.03. The van der Waals surface area contributed by atoms with Crippen LogP contribution in [-0.4, -0.2) is 72.4 Å². The fraction of sp³-hybridized carbons (Fsp3) is 0.444. The molecular formula is C18H24N6OS. The molecule has 0 atom stereocenters. The van der Waals surface area contributed by atoms with E-state index in [9.17, 15) is 0 Å². The lowest BCUT2D eigenvalue weighted by atomic mass is 10.2. The van der Waals surface area contributed by atoms with Gasteiger partial charge in [0, 0.05) is 80.6 Å². The summed E-state index contributed by atoms with van der Waals surface area (Å²) in [4.78, 5) is 12.9. The van der Waals surface area contributed by atoms with Crippen LogP contribution in [0.5, 0.6) is 0 Å². The highest BCUT2D eigenvalue weighted by atomic mass is 32.2. The van der Waals surface area contributed by atoms with Crippen molar-refractivity contribution in [3.05, 3.63) is 42.5 Å². The van der Waals surface area contributed by atoms with Crippen LogP contribution in [0, 0.1) is 0 Å². The standard InChI is InChI=1S/C18H24N6OS/c1-25-9-8-22-4-6-23(7-5-22)16-2-3-19-18(10-16)24-13-17(26-14-24)15-11-20-21-12-15/h2-3,10-13H,4-9,14H2,1H3,(H,20,21). The van der Waals surface area contributed by atoms with E-state index >= 15 is 0 Å². The summed E-state index contributed by atoms with van der Waals surface area (Å²) in [5.41, 5.74) is 2.37. The van der Waals surface area contributed by atoms with Crippen molar-refractivity contribution in [2.45, 2.75) is 0 Å². The number of thioether (sulfide) groups is 1. The van der Waals surface area contributed by atoms with E-state index in [2.05, 4.69) is 48.2 Å². The topological polar surface area (TPSA) is 60.5 Å². The summed E-state index contributed by atoms with van der Waals surface area (Å²) in [6.45, 7) is 6.04. The maximum atomic E-state index is 5.18. The Balaban J connectivity index is 1.42. The first kappa shape index (κ1) is 17.4. The number of ether oxygens (including phenoxy) is 1. The minimum Gasteiger partial charge on any atom is -0.383 e. The van der Waals surface area contributed by atoms with Crippen LogP contribution in [0.25, 0.3) is 4.91 Å². The van der Waals surface area contributed by atoms with Crippen LogP contribution in [0.2, 0.25) is 0 Å². The number of pyridine rings is 1. The number of H-pyrrole nitrogens is 1. The largest absolute Gasteiger partial charge is 0.383 e. The summed E-state index contributed by atoms with van der Waals surface area (Å²) < 4.78 is 5.18. The zero-order valence-electron chi connectivity index (χ0n) is 15.0. The predicted octanol–water partition coefficient (Wildman–Crippen LogP) is 2.08. The maximum absolute atomic E-state index is 5.18. The fourth-order valence-electron chi connectivity index (χ4n) is 3.24. The van der Waals surface area contributed by atoms with Crippen molar-refractivity contribution in [3.63, 3.8) is 0 Å². The lowest BCUT2D eigenvalue weighted by Crippen LogP contribution is -2.47. The summed E-state index contributed by atoms with van der Waals surface area (Å²) in [7, 11) is 1.76. The summed E-state index contributed by atoms with van der Waals surface area (Å²) in [5, 5.41) is 6.91. The molecule has 0 bridgehead atoms. The van der Waals surface area contributed by atoms with Crippen molar-refractivity contribution < 1.29 is 4.74 Å². The Kier molecular flexibility index (Phi) is 5.42. The van der Waals surface area contributed by atoms with Gasteiger partial charge in [-0.15, -0.1) is 11.8 Å². The van der Waals surface area contributed by atoms with Crippen molar-refractivity contribution in [1.29, 1.82) is 0 Å². The average Bonchev–Trinajstić information content (AvgIpc) is 3.38. The monoisotopic (exact) mass is 372 g/mol. The minimum atomic E-state index is 0.803. The molecule has 138 valence electrons. The molecule has 1 N–H and O–H groups in total. The summed E-state index contributed by atoms with van der Waals surface area (Å²) in [6.07, 6.45) is 7.85. The van der Waals surface area contributed by atoms with Gasteiger partial charge in [-0.25, -0.2) is 4.98 Å². The molecule has 26 heavy (non-hydrogen) atoms. The van der Waals surface area contributed by atoms with Gasteiger partial charge in [-0.2, -0.15) is 5.10 Å². The van der Waals surface area contributed by atoms with Crippen LogP contribution >= 0.6 is 11.8 Å². The van der Waals surface area contributed by atoms with Crippen LogP contribution in [0.3, 0.4) is 0 Å². The van der Waals surface area contributed by atoms with Gasteiger partial charge in [-0.3, -0.25) is 10.00 Å². The molecule has 1 fully saturated rings. The molecule has 2 aromatic rings. The Morgan fingerprint density at radius 2 is 2.15 bits per heavy atom. The molecule has 0 radical (unpaired) electrons. The second-order valence-corrected chi connectivity index (χ2v) is 7.40. The Bertz CT molecular complexity index is 742. The first-order valence-electron chi connectivity index (χ1n) is 8.86. The number of hydrogen-bond donors (Lipinski definition) is 1. The molecule has 4 rings (SSSR count). The van der Waals surface area contributed by atoms with Crippen molar-refractivity contribution in [1.82, 2.24) is 20.1 Å². The number of hydrogen-bond acceptors (Lipinski definition) is 7. The van der Waals surface area contributed by atoms with Crippen LogP contribution < -0.4 is 9.80 Å². The molecule has 0 saturated carbocycles. The molecule has 2 aliphatic rings. The quantitative estimate of drug-likeness (QED) is 0.833. The van der Waals surface area contributed by atoms with Gasteiger partial charge in [0.25, 0.3) is 0 Å². The number of nitrogens with one attached hydrogen (secondary N) is 1. The van der Waals surface area contributed by atoms with Gasteiger partial charge >= 0.3 is 0 Å². The van der Waals surface area contributed by atoms with Crippen molar-refractivity contribution >= 4 is 28.2 Å². The molecule has 0 spiro atoms. The number of anilines is 2. The summed E-state index contributed by atoms with van der Waals surface area (Å²) >= 11 is 1.81. The molecule has 1 saturated heterocycles. The molecule has 7 nitrogen and oxygen atoms in total. The molecule has 0 amide bonds. The molecule has 0 aromatic carbocycles. The highest BCUT2D eigenvalue weighted by Crippen LogP contribution is 2.36. The van der Waals surface area contributed by atoms with E-state index in [0.717, 1.165) is 56.6 Å². The zero-order chi connectivity index (χ0) is 17.8. The number of aromatic nitrogens is 3. The van der Waals surface area contributed by atoms with E-state index in [1.165, 1.54) is 10.6 Å². The number of rotatable bonds is 6. The van der Waals surface area contributed by atoms with Gasteiger partial charge in [0.05, 0.1) is 18.7 Å². The van der Waals surface area contributed by atoms with Gasteiger partial charge in [0.15, 0.2) is 0 Å². The van der Waals surface area contributed by atoms with Gasteiger partial charge in [-0.05, 0) is 6.07 Å². The molecule has 0 aliphatic carbocycles. The Morgan fingerprint density at radius 3 is 2.92 bits per heavy atom. The molecule has 2 aliphatic heterocycles. The second kappa shape index (κ2) is 8.11. The van der Waals surface area contributed by atoms with E-state index in [1.807, 2.05) is 30.4 Å². The maximum Gasteiger partial charge on any atom is 0.135 e. The van der Waals surface area contributed by atoms with Crippen molar-refractivity contribution in [3.8, 4) is 0 Å². The van der Waals surface area contributed by atoms with Gasteiger partial charge in [0.1, 0.15) is 5.82 Å². The fourth-order valence-corrected chi connectivity index (χ4v) is 4.21. The molecule has 8 heteroatoms. The minimum absolute atomic E-state index is 0.803. The summed E-state index contributed by atoms with van der Waals surface area (Å²) in [5.74, 6) is 1.87. The first-order valence-corrected chi connectivity index (χ1v) is 9.85. The van der Waals surface area contributed by atoms with Crippen LogP contribution in [0.15, 0.2) is 36.9 Å². The van der Waals surface area contributed by atoms with Gasteiger partial charge in [0.2, 0.25) is 0 Å². The predicted molar refractivity (Wildman–Crippen MR) is 106 cm³/mol. The number of aromatic amines is 1. The third-order valence-corrected chi connectivity index (χ3v) is 5.85. The first-order chi connectivity index (χ1) is 12.8. The second-order valence-electron chi connectivity index (χ2n) is 6.42. The van der Waals surface area contributed by atoms with E-state index in [4.69, 9.17) is 4.74 Å². The normalized spacial score (nSPS) is 18.4. The van der Waals surface area contributed by atoms with Crippen LogP contribution in [0.1, 0.15) is 5.56 Å². The third-order valence-electron chi connectivity index (χ3n) is 4.79. The van der Waals surface area contributed by atoms with E-state index in [0.29, 0.717) is 0 Å². The summed E-state index contributed by atoms with van der Waals surface area (Å²) in [6, 6.07) is 4.30. The zero-order valence-corrected chi connectivity index (χ0v) is 15.8. The van der Waals surface area contributed by atoms with Crippen LogP contribution in [0.4, 0.5) is 11.5 Å². The number of piperazine rings is 1. The van der Waals surface area contributed by atoms with Gasteiger partial charge < -0.3 is 14.5 Å². The van der Waals surface area contributed by atoms with E-state index in [-0.39, 0.29) is 0 Å². The number of methoxy groups -OCH3 is 1. The molecular weight excluding hydrogens is 348 g/mol. The van der Waals surface area contributed by atoms with Gasteiger partial charge in [-0.1, -0.05) is 0 Å². The lowest BCUT2D eigenvalue weighted by Gasteiger charge is -2.36. The Labute approximate surface area is 158 Å². The molecule has 0 unspecified atom stereocenters. The Morgan fingerprint density at radius 1 is 1.27 bits per heavy atom. The average molecular weight is 372 g/mol.